The largest absolute Gasteiger partial charge is 0.465 e. The molecule has 1 atom stereocenters. The summed E-state index contributed by atoms with van der Waals surface area (Å²) >= 11 is 0. The number of ether oxygens (including phenoxy) is 1. The Labute approximate surface area is 105 Å². The third-order valence-electron chi connectivity index (χ3n) is 2.54. The zero-order chi connectivity index (χ0) is 14.4. The maximum absolute atomic E-state index is 12.2. The molecular weight excluding hydrogens is 249 g/mol. The highest BCUT2D eigenvalue weighted by Gasteiger charge is 2.33. The van der Waals surface area contributed by atoms with Crippen LogP contribution in [-0.2, 0) is 9.53 Å². The molecule has 7 heteroatoms. The van der Waals surface area contributed by atoms with Crippen LogP contribution in [-0.4, -0.2) is 48.8 Å². The van der Waals surface area contributed by atoms with E-state index in [4.69, 9.17) is 10.5 Å². The van der Waals surface area contributed by atoms with Crippen molar-refractivity contribution in [2.45, 2.75) is 38.9 Å². The number of hydrogen-bond donors (Lipinski definition) is 1. The van der Waals surface area contributed by atoms with Crippen LogP contribution in [0.3, 0.4) is 0 Å². The van der Waals surface area contributed by atoms with Gasteiger partial charge in [0.2, 0.25) is 0 Å². The zero-order valence-corrected chi connectivity index (χ0v) is 11.0. The number of hydrogen-bond acceptors (Lipinski definition) is 4. The Hall–Kier alpha value is -0.820. The highest BCUT2D eigenvalue weighted by atomic mass is 19.4. The molecule has 4 nitrogen and oxygen atoms in total. The van der Waals surface area contributed by atoms with E-state index in [1.807, 2.05) is 0 Å². The van der Waals surface area contributed by atoms with Gasteiger partial charge in [-0.3, -0.25) is 9.69 Å². The Morgan fingerprint density at radius 2 is 1.89 bits per heavy atom. The van der Waals surface area contributed by atoms with E-state index in [9.17, 15) is 18.0 Å². The molecule has 1 unspecified atom stereocenters. The Morgan fingerprint density at radius 1 is 1.33 bits per heavy atom. The summed E-state index contributed by atoms with van der Waals surface area (Å²) in [7, 11) is 0. The molecule has 0 bridgehead atoms. The van der Waals surface area contributed by atoms with Gasteiger partial charge in [-0.05, 0) is 26.8 Å². The molecule has 0 radical (unpaired) electrons. The van der Waals surface area contributed by atoms with E-state index in [1.165, 1.54) is 11.8 Å². The van der Waals surface area contributed by atoms with Crippen LogP contribution >= 0.6 is 0 Å². The lowest BCUT2D eigenvalue weighted by atomic mass is 9.99. The maximum atomic E-state index is 12.2. The van der Waals surface area contributed by atoms with Crippen molar-refractivity contribution in [3.8, 4) is 0 Å². The van der Waals surface area contributed by atoms with E-state index in [-0.39, 0.29) is 26.1 Å². The van der Waals surface area contributed by atoms with Gasteiger partial charge in [0, 0.05) is 6.54 Å². The molecule has 0 aromatic rings. The Bertz CT molecular complexity index is 268. The molecule has 0 fully saturated rings. The first-order valence-corrected chi connectivity index (χ1v) is 5.87. The number of halogens is 3. The molecule has 0 saturated heterocycles. The average molecular weight is 270 g/mol. The monoisotopic (exact) mass is 270 g/mol. The van der Waals surface area contributed by atoms with Gasteiger partial charge < -0.3 is 10.5 Å². The van der Waals surface area contributed by atoms with Crippen LogP contribution in [0.5, 0.6) is 0 Å². The standard InChI is InChI=1S/C11H21F3N2O2/c1-4-16(8-11(12,13)14)7-6-10(3,15)9(17)18-5-2/h4-8,15H2,1-3H3. The van der Waals surface area contributed by atoms with E-state index in [1.54, 1.807) is 13.8 Å². The van der Waals surface area contributed by atoms with Crippen LogP contribution in [0.2, 0.25) is 0 Å². The van der Waals surface area contributed by atoms with Crippen LogP contribution in [0.1, 0.15) is 27.2 Å². The van der Waals surface area contributed by atoms with E-state index in [0.717, 1.165) is 0 Å². The lowest BCUT2D eigenvalue weighted by Gasteiger charge is -2.27. The molecule has 0 aliphatic carbocycles. The second-order valence-electron chi connectivity index (χ2n) is 4.37. The Kier molecular flexibility index (Phi) is 6.62. The molecule has 0 saturated carbocycles. The van der Waals surface area contributed by atoms with Crippen LogP contribution < -0.4 is 5.73 Å². The quantitative estimate of drug-likeness (QED) is 0.713. The van der Waals surface area contributed by atoms with Crippen LogP contribution in [0.25, 0.3) is 0 Å². The van der Waals surface area contributed by atoms with Crippen molar-refractivity contribution in [3.05, 3.63) is 0 Å². The summed E-state index contributed by atoms with van der Waals surface area (Å²) in [6, 6.07) is 0. The molecule has 108 valence electrons. The molecule has 0 aliphatic heterocycles. The highest BCUT2D eigenvalue weighted by Crippen LogP contribution is 2.17. The second-order valence-corrected chi connectivity index (χ2v) is 4.37. The normalized spacial score (nSPS) is 15.6. The fourth-order valence-corrected chi connectivity index (χ4v) is 1.39. The molecule has 0 spiro atoms. The van der Waals surface area contributed by atoms with Gasteiger partial charge in [-0.15, -0.1) is 0 Å². The van der Waals surface area contributed by atoms with Crippen molar-refractivity contribution in [2.24, 2.45) is 5.73 Å². The van der Waals surface area contributed by atoms with E-state index in [0.29, 0.717) is 0 Å². The lowest BCUT2D eigenvalue weighted by Crippen LogP contribution is -2.49. The molecule has 0 heterocycles. The molecule has 0 amide bonds. The van der Waals surface area contributed by atoms with Crippen molar-refractivity contribution in [1.29, 1.82) is 0 Å². The summed E-state index contributed by atoms with van der Waals surface area (Å²) in [4.78, 5) is 12.7. The third kappa shape index (κ3) is 6.80. The summed E-state index contributed by atoms with van der Waals surface area (Å²) in [5, 5.41) is 0. The number of nitrogens with zero attached hydrogens (tertiary/aromatic N) is 1. The number of carbonyl (C=O) groups excluding carboxylic acids is 1. The van der Waals surface area contributed by atoms with Crippen molar-refractivity contribution in [1.82, 2.24) is 4.90 Å². The number of alkyl halides is 3. The summed E-state index contributed by atoms with van der Waals surface area (Å²) in [5.41, 5.74) is 4.48. The first-order valence-electron chi connectivity index (χ1n) is 5.87. The first kappa shape index (κ1) is 17.2. The highest BCUT2D eigenvalue weighted by molar-refractivity contribution is 5.79. The summed E-state index contributed by atoms with van der Waals surface area (Å²) in [6.45, 7) is 4.29. The van der Waals surface area contributed by atoms with Crippen molar-refractivity contribution >= 4 is 5.97 Å². The van der Waals surface area contributed by atoms with Gasteiger partial charge in [0.25, 0.3) is 0 Å². The molecule has 0 aliphatic rings. The fraction of sp³-hybridized carbons (Fsp3) is 0.909. The third-order valence-corrected chi connectivity index (χ3v) is 2.54. The minimum absolute atomic E-state index is 0.0990. The van der Waals surface area contributed by atoms with Gasteiger partial charge in [-0.1, -0.05) is 6.92 Å². The van der Waals surface area contributed by atoms with E-state index < -0.39 is 24.2 Å². The van der Waals surface area contributed by atoms with Crippen LogP contribution in [0.15, 0.2) is 0 Å². The first-order chi connectivity index (χ1) is 8.12. The average Bonchev–Trinajstić information content (AvgIpc) is 2.23. The minimum atomic E-state index is -4.25. The predicted octanol–water partition coefficient (Wildman–Crippen LogP) is 1.54. The van der Waals surface area contributed by atoms with Crippen molar-refractivity contribution in [2.75, 3.05) is 26.2 Å². The minimum Gasteiger partial charge on any atom is -0.465 e. The van der Waals surface area contributed by atoms with Crippen LogP contribution in [0.4, 0.5) is 13.2 Å². The van der Waals surface area contributed by atoms with Gasteiger partial charge in [0.15, 0.2) is 0 Å². The number of nitrogens with two attached hydrogens (primary N) is 1. The predicted molar refractivity (Wildman–Crippen MR) is 62.0 cm³/mol. The molecule has 0 aromatic carbocycles. The second kappa shape index (κ2) is 6.94. The molecule has 0 rings (SSSR count). The number of esters is 1. The SMILES string of the molecule is CCOC(=O)C(C)(N)CCN(CC)CC(F)(F)F. The van der Waals surface area contributed by atoms with E-state index in [2.05, 4.69) is 0 Å². The summed E-state index contributed by atoms with van der Waals surface area (Å²) in [6.07, 6.45) is -4.12. The topological polar surface area (TPSA) is 55.6 Å². The Balaban J connectivity index is 4.31. The number of rotatable bonds is 7. The van der Waals surface area contributed by atoms with Gasteiger partial charge >= 0.3 is 12.1 Å². The van der Waals surface area contributed by atoms with Crippen molar-refractivity contribution in [3.63, 3.8) is 0 Å². The van der Waals surface area contributed by atoms with Gasteiger partial charge in [-0.2, -0.15) is 13.2 Å². The smallest absolute Gasteiger partial charge is 0.401 e. The fourth-order valence-electron chi connectivity index (χ4n) is 1.39. The van der Waals surface area contributed by atoms with Crippen molar-refractivity contribution < 1.29 is 22.7 Å². The molecular formula is C11H21F3N2O2. The number of carbonyl (C=O) groups is 1. The molecule has 18 heavy (non-hydrogen) atoms. The Morgan fingerprint density at radius 3 is 2.28 bits per heavy atom. The van der Waals surface area contributed by atoms with E-state index >= 15 is 0 Å². The van der Waals surface area contributed by atoms with Gasteiger partial charge in [0.05, 0.1) is 13.2 Å². The van der Waals surface area contributed by atoms with Gasteiger partial charge in [-0.25, -0.2) is 0 Å². The molecule has 2 N–H and O–H groups in total. The van der Waals surface area contributed by atoms with Gasteiger partial charge in [0.1, 0.15) is 5.54 Å². The van der Waals surface area contributed by atoms with Crippen LogP contribution in [0, 0.1) is 0 Å². The molecule has 0 aromatic heterocycles. The summed E-state index contributed by atoms with van der Waals surface area (Å²) < 4.78 is 41.5. The lowest BCUT2D eigenvalue weighted by molar-refractivity contribution is -0.151. The maximum Gasteiger partial charge on any atom is 0.401 e. The summed E-state index contributed by atoms with van der Waals surface area (Å²) in [5.74, 6) is -0.590. The zero-order valence-electron chi connectivity index (χ0n) is 11.0.